The molecule has 6 atom stereocenters. The van der Waals surface area contributed by atoms with Crippen molar-refractivity contribution < 1.29 is 39.0 Å². The summed E-state index contributed by atoms with van der Waals surface area (Å²) in [4.78, 5) is 34.3. The largest absolute Gasteiger partial charge is 0.459 e. The van der Waals surface area contributed by atoms with Gasteiger partial charge in [0.2, 0.25) is 11.7 Å². The van der Waals surface area contributed by atoms with Crippen molar-refractivity contribution in [1.82, 2.24) is 4.90 Å². The molecule has 2 N–H and O–H groups in total. The van der Waals surface area contributed by atoms with Crippen LogP contribution in [0.15, 0.2) is 102 Å². The minimum absolute atomic E-state index is 0.0364. The number of allylic oxidation sites excluding steroid dienone is 1. The minimum atomic E-state index is -1.35. The molecule has 0 spiro atoms. The molecule has 0 aromatic heterocycles. The Morgan fingerprint density at radius 1 is 0.984 bits per heavy atom. The summed E-state index contributed by atoms with van der Waals surface area (Å²) in [6, 6.07) is 21.2. The minimum Gasteiger partial charge on any atom is -0.459 e. The van der Waals surface area contributed by atoms with Crippen molar-refractivity contribution in [2.45, 2.75) is 121 Å². The lowest BCUT2D eigenvalue weighted by atomic mass is 9.55. The maximum Gasteiger partial charge on any atom is 0.273 e. The lowest BCUT2D eigenvalue weighted by Gasteiger charge is -2.60. The van der Waals surface area contributed by atoms with Crippen LogP contribution in [0.1, 0.15) is 114 Å². The number of benzene rings is 3. The van der Waals surface area contributed by atoms with Crippen molar-refractivity contribution in [1.29, 1.82) is 0 Å². The number of fused-ring (bicyclic) bond motifs is 2. The Balaban J connectivity index is 1.40. The zero-order valence-electron chi connectivity index (χ0n) is 36.8. The molecule has 12 heteroatoms. The number of oxime groups is 1. The van der Waals surface area contributed by atoms with E-state index in [0.29, 0.717) is 55.4 Å². The molecule has 1 aliphatic heterocycles. The van der Waals surface area contributed by atoms with Crippen LogP contribution < -0.4 is 9.47 Å². The van der Waals surface area contributed by atoms with Crippen molar-refractivity contribution in [3.8, 4) is 17.2 Å². The monoisotopic (exact) mass is 863 g/mol. The summed E-state index contributed by atoms with van der Waals surface area (Å²) in [7, 11) is 0. The normalized spacial score (nSPS) is 24.5. The third-order valence-corrected chi connectivity index (χ3v) is 13.6. The van der Waals surface area contributed by atoms with Crippen LogP contribution >= 0.6 is 0 Å². The number of nitro benzene ring substituents is 1. The van der Waals surface area contributed by atoms with E-state index >= 15 is 0 Å². The summed E-state index contributed by atoms with van der Waals surface area (Å²) in [5.74, 6) is 0.157. The Bertz CT molecular complexity index is 2070. The van der Waals surface area contributed by atoms with Gasteiger partial charge >= 0.3 is 0 Å². The molecular formula is C51H65N3O9. The lowest BCUT2D eigenvalue weighted by Crippen LogP contribution is -2.70. The van der Waals surface area contributed by atoms with E-state index in [1.165, 1.54) is 25.0 Å². The predicted molar refractivity (Wildman–Crippen MR) is 243 cm³/mol. The zero-order valence-corrected chi connectivity index (χ0v) is 36.8. The highest BCUT2D eigenvalue weighted by Crippen LogP contribution is 2.62. The molecule has 1 amide bonds. The van der Waals surface area contributed by atoms with E-state index in [0.717, 1.165) is 73.8 Å². The first-order valence-corrected chi connectivity index (χ1v) is 23.3. The maximum absolute atomic E-state index is 14.8. The summed E-state index contributed by atoms with van der Waals surface area (Å²) in [5.41, 5.74) is 3.54. The molecule has 7 rings (SSSR count). The smallest absolute Gasteiger partial charge is 0.273 e. The lowest BCUT2D eigenvalue weighted by molar-refractivity contribution is -0.384. The molecular weight excluding hydrogens is 799 g/mol. The number of non-ortho nitro benzene ring substituents is 1. The van der Waals surface area contributed by atoms with Crippen LogP contribution in [0.4, 0.5) is 5.69 Å². The Kier molecular flexibility index (Phi) is 16.1. The molecule has 3 aromatic carbocycles. The quantitative estimate of drug-likeness (QED) is 0.0410. The van der Waals surface area contributed by atoms with Gasteiger partial charge in [-0.25, -0.2) is 0 Å². The summed E-state index contributed by atoms with van der Waals surface area (Å²) in [6.45, 7) is 7.30. The molecule has 3 aliphatic carbocycles. The molecule has 338 valence electrons. The molecule has 0 bridgehead atoms. The fourth-order valence-electron chi connectivity index (χ4n) is 10.7. The number of unbranched alkanes of at least 4 members (excludes halogenated alkanes) is 2. The van der Waals surface area contributed by atoms with Gasteiger partial charge in [0, 0.05) is 50.1 Å². The van der Waals surface area contributed by atoms with Gasteiger partial charge in [-0.05, 0) is 91.7 Å². The summed E-state index contributed by atoms with van der Waals surface area (Å²) in [5, 5.41) is 36.6. The highest BCUT2D eigenvalue weighted by Gasteiger charge is 2.65. The van der Waals surface area contributed by atoms with Crippen molar-refractivity contribution in [3.05, 3.63) is 118 Å². The number of ether oxygens (including phenoxy) is 3. The van der Waals surface area contributed by atoms with Crippen molar-refractivity contribution >= 4 is 17.3 Å². The number of aliphatic hydroxyl groups excluding tert-OH is 2. The van der Waals surface area contributed by atoms with Gasteiger partial charge in [-0.2, -0.15) is 0 Å². The highest BCUT2D eigenvalue weighted by molar-refractivity contribution is 6.03. The summed E-state index contributed by atoms with van der Waals surface area (Å²) >= 11 is 0. The summed E-state index contributed by atoms with van der Waals surface area (Å²) in [6.07, 6.45) is 15.7. The van der Waals surface area contributed by atoms with Crippen LogP contribution in [0, 0.1) is 33.8 Å². The molecule has 6 unspecified atom stereocenters. The van der Waals surface area contributed by atoms with E-state index in [1.807, 2.05) is 53.4 Å². The van der Waals surface area contributed by atoms with Crippen LogP contribution in [0.2, 0.25) is 0 Å². The van der Waals surface area contributed by atoms with E-state index in [4.69, 9.17) is 24.2 Å². The molecule has 3 aromatic rings. The molecule has 0 saturated heterocycles. The first-order valence-electron chi connectivity index (χ1n) is 23.3. The van der Waals surface area contributed by atoms with Gasteiger partial charge in [0.05, 0.1) is 29.2 Å². The molecule has 2 fully saturated rings. The second kappa shape index (κ2) is 22.0. The van der Waals surface area contributed by atoms with Gasteiger partial charge in [-0.3, -0.25) is 14.9 Å². The maximum atomic E-state index is 14.8. The summed E-state index contributed by atoms with van der Waals surface area (Å²) < 4.78 is 20.9. The van der Waals surface area contributed by atoms with Gasteiger partial charge in [0.1, 0.15) is 29.9 Å². The first kappa shape index (κ1) is 46.0. The van der Waals surface area contributed by atoms with E-state index in [2.05, 4.69) is 19.6 Å². The van der Waals surface area contributed by atoms with Crippen LogP contribution in [0.5, 0.6) is 17.2 Å². The van der Waals surface area contributed by atoms with Crippen LogP contribution in [0.25, 0.3) is 0 Å². The topological polar surface area (TPSA) is 153 Å². The number of nitrogens with zero attached hydrogens (tertiary/aromatic N) is 3. The third kappa shape index (κ3) is 10.7. The van der Waals surface area contributed by atoms with Crippen molar-refractivity contribution in [2.75, 3.05) is 26.4 Å². The SMILES string of the molecule is C=CCOC12Oc3ccc(Oc4cccc([N+](=O)[O-])c4)cc3C3C(CCCCO)C(CCCCO)C=C(C(=NOCc4ccccc4)CC1N(CCC)C(=O)CCC1CCCC1)C32. The van der Waals surface area contributed by atoms with Crippen LogP contribution in [-0.2, 0) is 21.0 Å². The second-order valence-electron chi connectivity index (χ2n) is 17.7. The number of aliphatic hydroxyl groups is 2. The Hall–Kier alpha value is -5.04. The molecule has 0 radical (unpaired) electrons. The van der Waals surface area contributed by atoms with Crippen molar-refractivity contribution in [2.24, 2.45) is 28.8 Å². The van der Waals surface area contributed by atoms with Crippen LogP contribution in [0.3, 0.4) is 0 Å². The fraction of sp³-hybridized carbons (Fsp3) is 0.529. The first-order chi connectivity index (χ1) is 30.8. The molecule has 63 heavy (non-hydrogen) atoms. The molecule has 4 aliphatic rings. The number of nitro groups is 1. The highest BCUT2D eigenvalue weighted by atomic mass is 16.7. The van der Waals surface area contributed by atoms with Gasteiger partial charge in [0.15, 0.2) is 0 Å². The van der Waals surface area contributed by atoms with Crippen LogP contribution in [-0.4, -0.2) is 69.8 Å². The zero-order chi connectivity index (χ0) is 44.2. The number of hydrogen-bond acceptors (Lipinski definition) is 10. The third-order valence-electron chi connectivity index (χ3n) is 13.6. The Morgan fingerprint density at radius 3 is 2.48 bits per heavy atom. The number of carbonyl (C=O) groups excluding carboxylic acids is 1. The average molecular weight is 864 g/mol. The molecule has 2 saturated carbocycles. The van der Waals surface area contributed by atoms with Gasteiger partial charge < -0.3 is 34.2 Å². The van der Waals surface area contributed by atoms with Gasteiger partial charge in [0.25, 0.3) is 5.69 Å². The molecule has 12 nitrogen and oxygen atoms in total. The fourth-order valence-corrected chi connectivity index (χ4v) is 10.7. The van der Waals surface area contributed by atoms with E-state index < -0.39 is 22.7 Å². The van der Waals surface area contributed by atoms with E-state index in [1.54, 1.807) is 18.2 Å². The van der Waals surface area contributed by atoms with E-state index in [9.17, 15) is 25.1 Å². The van der Waals surface area contributed by atoms with Crippen molar-refractivity contribution in [3.63, 3.8) is 0 Å². The number of amides is 1. The number of rotatable bonds is 23. The predicted octanol–water partition coefficient (Wildman–Crippen LogP) is 10.4. The number of carbonyl (C=O) groups is 1. The molecule has 1 heterocycles. The Morgan fingerprint density at radius 2 is 1.75 bits per heavy atom. The van der Waals surface area contributed by atoms with E-state index in [-0.39, 0.29) is 55.8 Å². The van der Waals surface area contributed by atoms with Gasteiger partial charge in [-0.1, -0.05) is 99.2 Å². The number of hydrogen-bond donors (Lipinski definition) is 2. The average Bonchev–Trinajstić information content (AvgIpc) is 3.83. The standard InChI is InChI=1S/C51H65N3O9/c1-3-27-53(48(57)26-23-36-15-8-9-16-36)47-34-45(52-61-35-37-17-6-5-7-18-37)43-31-38(19-10-12-28-55)42(22-11-13-29-56)49-44-33-41(62-40-21-14-20-39(32-40)54(58)59)24-25-46(44)63-51(47,50(43)49)60-30-4-2/h4-7,14,17-18,20-21,24-25,31-33,36,38,42,47,49-50,55-56H,2-3,8-13,15-16,19,22-23,26-30,34-35H2,1H3. The Labute approximate surface area is 372 Å². The van der Waals surface area contributed by atoms with Gasteiger partial charge in [-0.15, -0.1) is 6.58 Å². The second-order valence-corrected chi connectivity index (χ2v) is 17.7.